The number of Topliss-reactive ketones (excluding diaryl/α,β-unsaturated/α-hetero) is 1. The number of amides is 2. The van der Waals surface area contributed by atoms with Gasteiger partial charge in [-0.25, -0.2) is 0 Å². The van der Waals surface area contributed by atoms with Gasteiger partial charge in [-0.3, -0.25) is 14.4 Å². The molecule has 29 heavy (non-hydrogen) atoms. The number of benzene rings is 2. The van der Waals surface area contributed by atoms with Gasteiger partial charge < -0.3 is 19.9 Å². The maximum absolute atomic E-state index is 12.4. The van der Waals surface area contributed by atoms with Crippen molar-refractivity contribution in [2.24, 2.45) is 0 Å². The zero-order valence-corrected chi connectivity index (χ0v) is 16.7. The lowest BCUT2D eigenvalue weighted by Gasteiger charge is -2.36. The van der Waals surface area contributed by atoms with Crippen molar-refractivity contribution in [1.29, 1.82) is 0 Å². The summed E-state index contributed by atoms with van der Waals surface area (Å²) in [4.78, 5) is 40.5. The van der Waals surface area contributed by atoms with Crippen LogP contribution < -0.4 is 15.0 Å². The van der Waals surface area contributed by atoms with E-state index in [2.05, 4.69) is 10.2 Å². The SMILES string of the molecule is COc1ccccc1N1CCN(C(=O)CNC(=O)C(=O)c2ccc(C)cc2)CC1. The summed E-state index contributed by atoms with van der Waals surface area (Å²) in [6.07, 6.45) is 0. The highest BCUT2D eigenvalue weighted by atomic mass is 16.5. The molecule has 0 bridgehead atoms. The fraction of sp³-hybridized carbons (Fsp3) is 0.318. The Morgan fingerprint density at radius 2 is 1.62 bits per heavy atom. The van der Waals surface area contributed by atoms with E-state index < -0.39 is 11.7 Å². The number of carbonyl (C=O) groups is 3. The fourth-order valence-electron chi connectivity index (χ4n) is 3.27. The number of para-hydroxylation sites is 2. The van der Waals surface area contributed by atoms with Crippen molar-refractivity contribution in [1.82, 2.24) is 10.2 Å². The van der Waals surface area contributed by atoms with Gasteiger partial charge in [0.2, 0.25) is 11.7 Å². The summed E-state index contributed by atoms with van der Waals surface area (Å²) in [5.41, 5.74) is 2.31. The third-order valence-corrected chi connectivity index (χ3v) is 4.98. The molecule has 7 nitrogen and oxygen atoms in total. The van der Waals surface area contributed by atoms with Crippen LogP contribution >= 0.6 is 0 Å². The zero-order valence-electron chi connectivity index (χ0n) is 16.7. The molecule has 1 N–H and O–H groups in total. The number of nitrogens with one attached hydrogen (secondary N) is 1. The molecule has 1 heterocycles. The molecule has 0 spiro atoms. The Labute approximate surface area is 170 Å². The van der Waals surface area contributed by atoms with Crippen LogP contribution in [0.25, 0.3) is 0 Å². The Bertz CT molecular complexity index is 887. The molecular formula is C22H25N3O4. The first-order valence-electron chi connectivity index (χ1n) is 9.54. The van der Waals surface area contributed by atoms with Gasteiger partial charge >= 0.3 is 0 Å². The standard InChI is InChI=1S/C22H25N3O4/c1-16-7-9-17(10-8-16)21(27)22(28)23-15-20(26)25-13-11-24(12-14-25)18-5-3-4-6-19(18)29-2/h3-10H,11-15H2,1-2H3,(H,23,28). The average molecular weight is 395 g/mol. The van der Waals surface area contributed by atoms with Crippen molar-refractivity contribution in [3.8, 4) is 5.75 Å². The van der Waals surface area contributed by atoms with Crippen molar-refractivity contribution < 1.29 is 19.1 Å². The minimum absolute atomic E-state index is 0.189. The largest absolute Gasteiger partial charge is 0.495 e. The van der Waals surface area contributed by atoms with Gasteiger partial charge in [-0.1, -0.05) is 42.0 Å². The lowest BCUT2D eigenvalue weighted by Crippen LogP contribution is -2.51. The van der Waals surface area contributed by atoms with E-state index in [1.165, 1.54) is 0 Å². The van der Waals surface area contributed by atoms with E-state index in [9.17, 15) is 14.4 Å². The fourth-order valence-corrected chi connectivity index (χ4v) is 3.27. The summed E-state index contributed by atoms with van der Waals surface area (Å²) >= 11 is 0. The molecule has 0 radical (unpaired) electrons. The second-order valence-corrected chi connectivity index (χ2v) is 6.92. The number of carbonyl (C=O) groups excluding carboxylic acids is 3. The van der Waals surface area contributed by atoms with E-state index in [0.717, 1.165) is 17.0 Å². The van der Waals surface area contributed by atoms with E-state index in [-0.39, 0.29) is 12.5 Å². The smallest absolute Gasteiger partial charge is 0.292 e. The topological polar surface area (TPSA) is 79.0 Å². The quantitative estimate of drug-likeness (QED) is 0.594. The minimum atomic E-state index is -0.769. The first kappa shape index (κ1) is 20.4. The van der Waals surface area contributed by atoms with Crippen LogP contribution in [0, 0.1) is 6.92 Å². The molecule has 1 aliphatic rings. The molecule has 2 amide bonds. The number of piperazine rings is 1. The third kappa shape index (κ3) is 4.93. The lowest BCUT2D eigenvalue weighted by atomic mass is 10.1. The third-order valence-electron chi connectivity index (χ3n) is 4.98. The zero-order chi connectivity index (χ0) is 20.8. The lowest BCUT2D eigenvalue weighted by molar-refractivity contribution is -0.132. The van der Waals surface area contributed by atoms with E-state index in [0.29, 0.717) is 31.7 Å². The molecule has 7 heteroatoms. The number of rotatable bonds is 6. The molecular weight excluding hydrogens is 370 g/mol. The Morgan fingerprint density at radius 1 is 0.966 bits per heavy atom. The summed E-state index contributed by atoms with van der Waals surface area (Å²) in [6, 6.07) is 14.5. The van der Waals surface area contributed by atoms with Gasteiger partial charge in [0.05, 0.1) is 19.3 Å². The Hall–Kier alpha value is -3.35. The minimum Gasteiger partial charge on any atom is -0.495 e. The van der Waals surface area contributed by atoms with Gasteiger partial charge in [-0.05, 0) is 19.1 Å². The number of methoxy groups -OCH3 is 1. The van der Waals surface area contributed by atoms with Crippen LogP contribution in [-0.4, -0.2) is 62.3 Å². The van der Waals surface area contributed by atoms with Crippen LogP contribution in [0.2, 0.25) is 0 Å². The monoisotopic (exact) mass is 395 g/mol. The van der Waals surface area contributed by atoms with Gasteiger partial charge in [0.25, 0.3) is 5.91 Å². The predicted octanol–water partition coefficient (Wildman–Crippen LogP) is 1.65. The highest BCUT2D eigenvalue weighted by Crippen LogP contribution is 2.28. The number of nitrogens with zero attached hydrogens (tertiary/aromatic N) is 2. The van der Waals surface area contributed by atoms with Crippen molar-refractivity contribution in [3.63, 3.8) is 0 Å². The molecule has 0 unspecified atom stereocenters. The van der Waals surface area contributed by atoms with Gasteiger partial charge in [0.15, 0.2) is 0 Å². The van der Waals surface area contributed by atoms with E-state index in [1.807, 2.05) is 31.2 Å². The average Bonchev–Trinajstić information content (AvgIpc) is 2.77. The molecule has 1 aliphatic heterocycles. The van der Waals surface area contributed by atoms with Crippen LogP contribution in [0.3, 0.4) is 0 Å². The molecule has 1 saturated heterocycles. The second-order valence-electron chi connectivity index (χ2n) is 6.92. The normalized spacial score (nSPS) is 13.7. The number of anilines is 1. The number of hydrogen-bond donors (Lipinski definition) is 1. The summed E-state index contributed by atoms with van der Waals surface area (Å²) in [7, 11) is 1.64. The van der Waals surface area contributed by atoms with E-state index in [4.69, 9.17) is 4.74 Å². The first-order chi connectivity index (χ1) is 14.0. The highest BCUT2D eigenvalue weighted by molar-refractivity contribution is 6.43. The molecule has 3 rings (SSSR count). The van der Waals surface area contributed by atoms with Crippen LogP contribution in [0.15, 0.2) is 48.5 Å². The molecule has 0 saturated carbocycles. The van der Waals surface area contributed by atoms with Crippen LogP contribution in [0.4, 0.5) is 5.69 Å². The van der Waals surface area contributed by atoms with Crippen LogP contribution in [-0.2, 0) is 9.59 Å². The molecule has 2 aromatic carbocycles. The Kier molecular flexibility index (Phi) is 6.49. The summed E-state index contributed by atoms with van der Waals surface area (Å²) < 4.78 is 5.40. The summed E-state index contributed by atoms with van der Waals surface area (Å²) in [6.45, 7) is 4.13. The molecule has 2 aromatic rings. The Morgan fingerprint density at radius 3 is 2.28 bits per heavy atom. The maximum Gasteiger partial charge on any atom is 0.292 e. The Balaban J connectivity index is 1.49. The number of ketones is 1. The first-order valence-corrected chi connectivity index (χ1v) is 9.54. The molecule has 0 aromatic heterocycles. The predicted molar refractivity (Wildman–Crippen MR) is 110 cm³/mol. The van der Waals surface area contributed by atoms with Crippen molar-refractivity contribution >= 4 is 23.3 Å². The maximum atomic E-state index is 12.4. The molecule has 152 valence electrons. The van der Waals surface area contributed by atoms with Gasteiger partial charge in [-0.15, -0.1) is 0 Å². The number of aryl methyl sites for hydroxylation is 1. The van der Waals surface area contributed by atoms with Gasteiger partial charge in [0, 0.05) is 31.7 Å². The van der Waals surface area contributed by atoms with Crippen molar-refractivity contribution in [2.45, 2.75) is 6.92 Å². The number of hydrogen-bond acceptors (Lipinski definition) is 5. The van der Waals surface area contributed by atoms with Crippen LogP contribution in [0.1, 0.15) is 15.9 Å². The highest BCUT2D eigenvalue weighted by Gasteiger charge is 2.24. The van der Waals surface area contributed by atoms with E-state index >= 15 is 0 Å². The summed E-state index contributed by atoms with van der Waals surface area (Å²) in [5.74, 6) is -0.808. The second kappa shape index (κ2) is 9.23. The van der Waals surface area contributed by atoms with Gasteiger partial charge in [-0.2, -0.15) is 0 Å². The summed E-state index contributed by atoms with van der Waals surface area (Å²) in [5, 5.41) is 2.44. The molecule has 0 aliphatic carbocycles. The molecule has 0 atom stereocenters. The van der Waals surface area contributed by atoms with E-state index in [1.54, 1.807) is 36.3 Å². The van der Waals surface area contributed by atoms with Crippen molar-refractivity contribution in [2.75, 3.05) is 44.7 Å². The molecule has 1 fully saturated rings. The number of ether oxygens (including phenoxy) is 1. The van der Waals surface area contributed by atoms with Crippen molar-refractivity contribution in [3.05, 3.63) is 59.7 Å². The van der Waals surface area contributed by atoms with Gasteiger partial charge in [0.1, 0.15) is 5.75 Å². The van der Waals surface area contributed by atoms with Crippen LogP contribution in [0.5, 0.6) is 5.75 Å².